The van der Waals surface area contributed by atoms with Crippen LogP contribution in [-0.4, -0.2) is 100.0 Å². The summed E-state index contributed by atoms with van der Waals surface area (Å²) in [5, 5.41) is 17.8. The van der Waals surface area contributed by atoms with Crippen molar-refractivity contribution in [2.45, 2.75) is 24.3 Å². The van der Waals surface area contributed by atoms with Gasteiger partial charge in [-0.1, -0.05) is 11.6 Å². The number of likely N-dealkylation sites (tertiary alicyclic amines) is 1. The van der Waals surface area contributed by atoms with Gasteiger partial charge in [0.25, 0.3) is 0 Å². The molecule has 230 valence electrons. The molecule has 3 amide bonds. The first kappa shape index (κ1) is 34.1. The molecular weight excluding hydrogens is 604 g/mol. The predicted octanol–water partition coefficient (Wildman–Crippen LogP) is 3.96. The average molecular weight is 628 g/mol. The van der Waals surface area contributed by atoms with Crippen molar-refractivity contribution in [3.8, 4) is 0 Å². The first-order valence-electron chi connectivity index (χ1n) is 11.7. The number of hydrogen-bond donors (Lipinski definition) is 3. The van der Waals surface area contributed by atoms with Gasteiger partial charge in [-0.15, -0.1) is 0 Å². The first-order valence-corrected chi connectivity index (χ1v) is 12.1. The quantitative estimate of drug-likeness (QED) is 0.425. The standard InChI is InChI=1S/C20H22ClN5O2.2C2HF3O2/c1-24-12-18(27)26(17-3-2-9-22-11-17)14-20(24)8-10-25(13-20)19(28)23-16-6-4-15(21)5-7-16;2*3-2(4,5)1(6)7/h2-7,9,11H,8,10,12-14H2,1H3,(H,23,28);2*(H,6,7). The number of anilines is 2. The lowest BCUT2D eigenvalue weighted by Crippen LogP contribution is -2.64. The molecule has 0 radical (unpaired) electrons. The van der Waals surface area contributed by atoms with Crippen molar-refractivity contribution in [1.82, 2.24) is 14.8 Å². The van der Waals surface area contributed by atoms with E-state index in [0.717, 1.165) is 12.1 Å². The highest BCUT2D eigenvalue weighted by Crippen LogP contribution is 2.33. The number of amides is 3. The number of carbonyl (C=O) groups excluding carboxylic acids is 2. The number of pyridine rings is 1. The van der Waals surface area contributed by atoms with Crippen LogP contribution >= 0.6 is 11.6 Å². The molecule has 18 heteroatoms. The number of nitrogens with zero attached hydrogens (tertiary/aromatic N) is 4. The number of carboxylic acid groups (broad SMARTS) is 2. The molecule has 0 aliphatic carbocycles. The van der Waals surface area contributed by atoms with Crippen LogP contribution in [0.25, 0.3) is 0 Å². The molecule has 1 atom stereocenters. The molecule has 2 saturated heterocycles. The second-order valence-corrected chi connectivity index (χ2v) is 9.42. The largest absolute Gasteiger partial charge is 0.490 e. The third kappa shape index (κ3) is 9.47. The van der Waals surface area contributed by atoms with Gasteiger partial charge in [0.05, 0.1) is 24.0 Å². The Morgan fingerprint density at radius 3 is 2.00 bits per heavy atom. The second-order valence-electron chi connectivity index (χ2n) is 8.99. The number of urea groups is 1. The number of hydrogen-bond acceptors (Lipinski definition) is 6. The van der Waals surface area contributed by atoms with Crippen molar-refractivity contribution < 1.29 is 55.7 Å². The van der Waals surface area contributed by atoms with E-state index in [9.17, 15) is 35.9 Å². The Kier molecular flexibility index (Phi) is 11.1. The normalized spacial score (nSPS) is 18.9. The Morgan fingerprint density at radius 1 is 0.976 bits per heavy atom. The number of carboxylic acids is 2. The van der Waals surface area contributed by atoms with E-state index in [1.807, 2.05) is 24.1 Å². The summed E-state index contributed by atoms with van der Waals surface area (Å²) in [6.07, 6.45) is -5.96. The summed E-state index contributed by atoms with van der Waals surface area (Å²) in [5.41, 5.74) is 1.24. The van der Waals surface area contributed by atoms with Gasteiger partial charge in [-0.2, -0.15) is 26.3 Å². The van der Waals surface area contributed by atoms with Crippen molar-refractivity contribution in [1.29, 1.82) is 0 Å². The lowest BCUT2D eigenvalue weighted by Gasteiger charge is -2.46. The number of alkyl halides is 6. The number of aromatic nitrogens is 1. The zero-order valence-corrected chi connectivity index (χ0v) is 22.4. The Balaban J connectivity index is 0.000000367. The monoisotopic (exact) mass is 627 g/mol. The van der Waals surface area contributed by atoms with Crippen LogP contribution in [0.3, 0.4) is 0 Å². The molecule has 1 spiro atoms. The van der Waals surface area contributed by atoms with Gasteiger partial charge in [0, 0.05) is 36.5 Å². The molecule has 3 heterocycles. The number of carbonyl (C=O) groups is 4. The molecule has 2 fully saturated rings. The molecule has 3 N–H and O–H groups in total. The third-order valence-corrected chi connectivity index (χ3v) is 6.35. The Hall–Kier alpha value is -4.12. The number of aliphatic carboxylic acids is 2. The Bertz CT molecular complexity index is 1240. The van der Waals surface area contributed by atoms with Gasteiger partial charge >= 0.3 is 30.3 Å². The number of halogens is 7. The van der Waals surface area contributed by atoms with Crippen LogP contribution in [0.4, 0.5) is 42.5 Å². The highest BCUT2D eigenvalue weighted by molar-refractivity contribution is 6.30. The van der Waals surface area contributed by atoms with Crippen molar-refractivity contribution in [3.05, 3.63) is 53.8 Å². The van der Waals surface area contributed by atoms with E-state index in [0.29, 0.717) is 36.9 Å². The van der Waals surface area contributed by atoms with Gasteiger partial charge in [-0.25, -0.2) is 14.4 Å². The maximum atomic E-state index is 12.7. The van der Waals surface area contributed by atoms with Crippen LogP contribution < -0.4 is 10.2 Å². The van der Waals surface area contributed by atoms with Gasteiger partial charge in [-0.3, -0.25) is 14.7 Å². The third-order valence-electron chi connectivity index (χ3n) is 6.09. The molecule has 11 nitrogen and oxygen atoms in total. The fraction of sp³-hybridized carbons (Fsp3) is 0.375. The van der Waals surface area contributed by atoms with E-state index in [1.165, 1.54) is 0 Å². The smallest absolute Gasteiger partial charge is 0.475 e. The number of nitrogens with one attached hydrogen (secondary N) is 1. The Labute approximate surface area is 239 Å². The van der Waals surface area contributed by atoms with E-state index >= 15 is 0 Å². The molecular formula is C24H24ClF6N5O6. The lowest BCUT2D eigenvalue weighted by atomic mass is 9.92. The number of benzene rings is 1. The van der Waals surface area contributed by atoms with Gasteiger partial charge in [0.15, 0.2) is 0 Å². The predicted molar refractivity (Wildman–Crippen MR) is 136 cm³/mol. The van der Waals surface area contributed by atoms with Crippen molar-refractivity contribution >= 4 is 46.9 Å². The minimum absolute atomic E-state index is 0.0465. The van der Waals surface area contributed by atoms with E-state index in [4.69, 9.17) is 31.4 Å². The lowest BCUT2D eigenvalue weighted by molar-refractivity contribution is -0.193. The number of likely N-dealkylation sites (N-methyl/N-ethyl adjacent to an activating group) is 1. The molecule has 1 aromatic heterocycles. The minimum Gasteiger partial charge on any atom is -0.475 e. The summed E-state index contributed by atoms with van der Waals surface area (Å²) >= 11 is 5.90. The zero-order chi connectivity index (χ0) is 31.9. The van der Waals surface area contributed by atoms with E-state index in [-0.39, 0.29) is 17.5 Å². The molecule has 2 aromatic rings. The molecule has 2 aliphatic heterocycles. The average Bonchev–Trinajstić information content (AvgIpc) is 3.33. The van der Waals surface area contributed by atoms with Crippen molar-refractivity contribution in [2.24, 2.45) is 0 Å². The number of rotatable bonds is 2. The summed E-state index contributed by atoms with van der Waals surface area (Å²) in [4.78, 5) is 52.9. The summed E-state index contributed by atoms with van der Waals surface area (Å²) in [5.74, 6) is -5.47. The van der Waals surface area contributed by atoms with Crippen LogP contribution in [-0.2, 0) is 14.4 Å². The number of piperazine rings is 1. The highest BCUT2D eigenvalue weighted by Gasteiger charge is 2.48. The van der Waals surface area contributed by atoms with Gasteiger partial charge in [-0.05, 0) is 49.9 Å². The Morgan fingerprint density at radius 2 is 1.52 bits per heavy atom. The van der Waals surface area contributed by atoms with Crippen LogP contribution in [0, 0.1) is 0 Å². The molecule has 1 aromatic carbocycles. The molecule has 1 unspecified atom stereocenters. The molecule has 0 bridgehead atoms. The maximum Gasteiger partial charge on any atom is 0.490 e. The van der Waals surface area contributed by atoms with Crippen molar-refractivity contribution in [3.63, 3.8) is 0 Å². The summed E-state index contributed by atoms with van der Waals surface area (Å²) in [6.45, 7) is 2.06. The maximum absolute atomic E-state index is 12.7. The van der Waals surface area contributed by atoms with Gasteiger partial charge in [0.2, 0.25) is 5.91 Å². The van der Waals surface area contributed by atoms with E-state index < -0.39 is 24.3 Å². The van der Waals surface area contributed by atoms with Crippen molar-refractivity contribution in [2.75, 3.05) is 43.4 Å². The first-order chi connectivity index (χ1) is 19.4. The fourth-order valence-corrected chi connectivity index (χ4v) is 4.04. The van der Waals surface area contributed by atoms with Crippen LogP contribution in [0.1, 0.15) is 6.42 Å². The molecule has 0 saturated carbocycles. The summed E-state index contributed by atoms with van der Waals surface area (Å²) < 4.78 is 63.5. The zero-order valence-electron chi connectivity index (χ0n) is 21.6. The summed E-state index contributed by atoms with van der Waals surface area (Å²) in [7, 11) is 1.96. The second kappa shape index (κ2) is 13.7. The molecule has 2 aliphatic rings. The van der Waals surface area contributed by atoms with Crippen LogP contribution in [0.2, 0.25) is 5.02 Å². The minimum atomic E-state index is -5.08. The van der Waals surface area contributed by atoms with Crippen LogP contribution in [0.15, 0.2) is 48.8 Å². The fourth-order valence-electron chi connectivity index (χ4n) is 3.91. The molecule has 4 rings (SSSR count). The SMILES string of the molecule is CN1CC(=O)N(c2cccnc2)CC12CCN(C(=O)Nc1ccc(Cl)cc1)C2.O=C(O)C(F)(F)F.O=C(O)C(F)(F)F. The summed E-state index contributed by atoms with van der Waals surface area (Å²) in [6, 6.07) is 10.6. The van der Waals surface area contributed by atoms with Gasteiger partial charge < -0.3 is 25.3 Å². The van der Waals surface area contributed by atoms with Crippen LogP contribution in [0.5, 0.6) is 0 Å². The topological polar surface area (TPSA) is 143 Å². The van der Waals surface area contributed by atoms with Gasteiger partial charge in [0.1, 0.15) is 0 Å². The van der Waals surface area contributed by atoms with E-state index in [2.05, 4.69) is 15.2 Å². The molecule has 42 heavy (non-hydrogen) atoms. The van der Waals surface area contributed by atoms with E-state index in [1.54, 1.807) is 41.6 Å². The highest BCUT2D eigenvalue weighted by atomic mass is 35.5.